The second kappa shape index (κ2) is 7.19. The highest BCUT2D eigenvalue weighted by Crippen LogP contribution is 2.35. The van der Waals surface area contributed by atoms with Crippen LogP contribution in [0.2, 0.25) is 0 Å². The molecule has 2 saturated heterocycles. The van der Waals surface area contributed by atoms with Crippen molar-refractivity contribution in [2.24, 2.45) is 11.8 Å². The van der Waals surface area contributed by atoms with E-state index < -0.39 is 17.9 Å². The maximum absolute atomic E-state index is 13.0. The summed E-state index contributed by atoms with van der Waals surface area (Å²) >= 11 is 0. The molecule has 4 unspecified atom stereocenters. The SMILES string of the molecule is O=C(C1CC(=O)N(C2NNC3CCCCC32)C1)N1CCn2c(nnc2C(F)(F)F)C1. The molecule has 3 fully saturated rings. The third-order valence-electron chi connectivity index (χ3n) is 6.80. The van der Waals surface area contributed by atoms with E-state index in [0.29, 0.717) is 18.5 Å². The molecule has 2 N–H and O–H groups in total. The van der Waals surface area contributed by atoms with E-state index in [0.717, 1.165) is 23.8 Å². The average Bonchev–Trinajstić information content (AvgIpc) is 3.42. The van der Waals surface area contributed by atoms with E-state index in [9.17, 15) is 22.8 Å². The fraction of sp³-hybridized carbons (Fsp3) is 0.778. The third kappa shape index (κ3) is 3.25. The van der Waals surface area contributed by atoms with Gasteiger partial charge in [-0.3, -0.25) is 15.0 Å². The minimum atomic E-state index is -4.57. The molecule has 1 aromatic rings. The number of halogens is 3. The second-order valence-corrected chi connectivity index (χ2v) is 8.58. The Kier molecular flexibility index (Phi) is 4.73. The lowest BCUT2D eigenvalue weighted by atomic mass is 9.84. The number of amides is 2. The zero-order valence-corrected chi connectivity index (χ0v) is 16.4. The Hall–Kier alpha value is -2.21. The van der Waals surface area contributed by atoms with Crippen molar-refractivity contribution < 1.29 is 22.8 Å². The molecule has 0 aromatic carbocycles. The van der Waals surface area contributed by atoms with Crippen LogP contribution in [0.4, 0.5) is 13.2 Å². The number of carbonyl (C=O) groups excluding carboxylic acids is 2. The van der Waals surface area contributed by atoms with Gasteiger partial charge in [0, 0.05) is 38.0 Å². The maximum atomic E-state index is 13.0. The van der Waals surface area contributed by atoms with Crippen molar-refractivity contribution in [1.29, 1.82) is 0 Å². The number of rotatable bonds is 2. The Labute approximate surface area is 170 Å². The van der Waals surface area contributed by atoms with Gasteiger partial charge in [-0.1, -0.05) is 12.8 Å². The zero-order valence-electron chi connectivity index (χ0n) is 16.4. The molecular formula is C18H24F3N7O2. The monoisotopic (exact) mass is 427 g/mol. The van der Waals surface area contributed by atoms with Crippen LogP contribution in [0.15, 0.2) is 0 Å². The van der Waals surface area contributed by atoms with Crippen LogP contribution in [0.3, 0.4) is 0 Å². The molecule has 4 heterocycles. The summed E-state index contributed by atoms with van der Waals surface area (Å²) in [5, 5.41) is 6.87. The predicted octanol–water partition coefficient (Wildman–Crippen LogP) is 0.480. The highest BCUT2D eigenvalue weighted by molar-refractivity contribution is 5.89. The zero-order chi connectivity index (χ0) is 21.0. The first kappa shape index (κ1) is 19.7. The molecule has 2 amide bonds. The number of aromatic nitrogens is 3. The normalized spacial score (nSPS) is 31.8. The van der Waals surface area contributed by atoms with Gasteiger partial charge in [0.2, 0.25) is 17.6 Å². The first-order valence-electron chi connectivity index (χ1n) is 10.4. The van der Waals surface area contributed by atoms with E-state index in [1.165, 1.54) is 11.3 Å². The largest absolute Gasteiger partial charge is 0.451 e. The van der Waals surface area contributed by atoms with Gasteiger partial charge in [0.15, 0.2) is 5.82 Å². The van der Waals surface area contributed by atoms with Crippen molar-refractivity contribution in [1.82, 2.24) is 35.4 Å². The molecule has 0 spiro atoms. The summed E-state index contributed by atoms with van der Waals surface area (Å²) in [5.74, 6) is -1.33. The fourth-order valence-electron chi connectivity index (χ4n) is 5.30. The first-order valence-corrected chi connectivity index (χ1v) is 10.4. The lowest BCUT2D eigenvalue weighted by molar-refractivity contribution is -0.148. The van der Waals surface area contributed by atoms with Gasteiger partial charge < -0.3 is 14.4 Å². The number of alkyl halides is 3. The van der Waals surface area contributed by atoms with Crippen molar-refractivity contribution in [2.75, 3.05) is 13.1 Å². The Bertz CT molecular complexity index is 857. The molecule has 12 heteroatoms. The van der Waals surface area contributed by atoms with Crippen LogP contribution in [-0.4, -0.2) is 61.7 Å². The summed E-state index contributed by atoms with van der Waals surface area (Å²) < 4.78 is 40.0. The number of carbonyl (C=O) groups is 2. The number of hydrogen-bond acceptors (Lipinski definition) is 6. The molecule has 1 aliphatic carbocycles. The van der Waals surface area contributed by atoms with E-state index in [4.69, 9.17) is 0 Å². The van der Waals surface area contributed by atoms with Gasteiger partial charge in [0.25, 0.3) is 0 Å². The molecule has 0 radical (unpaired) electrons. The van der Waals surface area contributed by atoms with Gasteiger partial charge in [-0.15, -0.1) is 10.2 Å². The topological polar surface area (TPSA) is 95.4 Å². The fourth-order valence-corrected chi connectivity index (χ4v) is 5.30. The van der Waals surface area contributed by atoms with Gasteiger partial charge in [0.1, 0.15) is 0 Å². The quantitative estimate of drug-likeness (QED) is 0.713. The van der Waals surface area contributed by atoms with Crippen molar-refractivity contribution in [3.8, 4) is 0 Å². The molecule has 164 valence electrons. The lowest BCUT2D eigenvalue weighted by Gasteiger charge is -2.33. The molecular weight excluding hydrogens is 403 g/mol. The highest BCUT2D eigenvalue weighted by atomic mass is 19.4. The minimum Gasteiger partial charge on any atom is -0.333 e. The molecule has 9 nitrogen and oxygen atoms in total. The molecule has 1 saturated carbocycles. The molecule has 0 bridgehead atoms. The summed E-state index contributed by atoms with van der Waals surface area (Å²) in [6, 6.07) is 0.350. The van der Waals surface area contributed by atoms with Crippen LogP contribution in [0, 0.1) is 11.8 Å². The second-order valence-electron chi connectivity index (χ2n) is 8.58. The summed E-state index contributed by atoms with van der Waals surface area (Å²) in [6.45, 7) is 0.439. The molecule has 5 rings (SSSR count). The van der Waals surface area contributed by atoms with Gasteiger partial charge in [-0.05, 0) is 12.8 Å². The number of nitrogens with zero attached hydrogens (tertiary/aromatic N) is 5. The number of nitrogens with one attached hydrogen (secondary N) is 2. The molecule has 4 atom stereocenters. The Balaban J connectivity index is 1.25. The third-order valence-corrected chi connectivity index (χ3v) is 6.80. The summed E-state index contributed by atoms with van der Waals surface area (Å²) in [5.41, 5.74) is 6.53. The van der Waals surface area contributed by atoms with E-state index in [2.05, 4.69) is 21.0 Å². The average molecular weight is 427 g/mol. The molecule has 30 heavy (non-hydrogen) atoms. The number of hydrogen-bond donors (Lipinski definition) is 2. The first-order chi connectivity index (χ1) is 14.3. The van der Waals surface area contributed by atoms with E-state index in [-0.39, 0.29) is 49.9 Å². The van der Waals surface area contributed by atoms with Crippen molar-refractivity contribution in [3.63, 3.8) is 0 Å². The summed E-state index contributed by atoms with van der Waals surface area (Å²) in [7, 11) is 0. The molecule has 4 aliphatic rings. The number of likely N-dealkylation sites (tertiary alicyclic amines) is 1. The van der Waals surface area contributed by atoms with Crippen molar-refractivity contribution in [3.05, 3.63) is 11.6 Å². The Morgan fingerprint density at radius 3 is 2.70 bits per heavy atom. The lowest BCUT2D eigenvalue weighted by Crippen LogP contribution is -2.49. The van der Waals surface area contributed by atoms with Crippen LogP contribution in [0.1, 0.15) is 43.8 Å². The van der Waals surface area contributed by atoms with Crippen LogP contribution < -0.4 is 10.9 Å². The van der Waals surface area contributed by atoms with Crippen molar-refractivity contribution >= 4 is 11.8 Å². The standard InChI is InChI=1S/C18H24F3N7O2/c19-18(20,21)17-25-23-13-9-26(5-6-27(13)17)16(30)10-7-14(29)28(8-10)15-11-3-1-2-4-12(11)22-24-15/h10-12,15,22,24H,1-9H2. The Morgan fingerprint density at radius 2 is 1.90 bits per heavy atom. The smallest absolute Gasteiger partial charge is 0.333 e. The van der Waals surface area contributed by atoms with Crippen LogP contribution in [0.5, 0.6) is 0 Å². The van der Waals surface area contributed by atoms with E-state index in [1.54, 1.807) is 4.90 Å². The van der Waals surface area contributed by atoms with Gasteiger partial charge in [-0.25, -0.2) is 5.43 Å². The predicted molar refractivity (Wildman–Crippen MR) is 96.1 cm³/mol. The maximum Gasteiger partial charge on any atom is 0.451 e. The van der Waals surface area contributed by atoms with Gasteiger partial charge in [0.05, 0.1) is 18.6 Å². The van der Waals surface area contributed by atoms with Crippen LogP contribution in [-0.2, 0) is 28.9 Å². The molecule has 1 aromatic heterocycles. The molecule has 3 aliphatic heterocycles. The Morgan fingerprint density at radius 1 is 1.10 bits per heavy atom. The number of fused-ring (bicyclic) bond motifs is 2. The van der Waals surface area contributed by atoms with Gasteiger partial charge >= 0.3 is 6.18 Å². The summed E-state index contributed by atoms with van der Waals surface area (Å²) in [6.07, 6.45) is -0.124. The van der Waals surface area contributed by atoms with Crippen LogP contribution >= 0.6 is 0 Å². The van der Waals surface area contributed by atoms with E-state index >= 15 is 0 Å². The van der Waals surface area contributed by atoms with Crippen molar-refractivity contribution in [2.45, 2.75) is 63.6 Å². The van der Waals surface area contributed by atoms with E-state index in [1.807, 2.05) is 0 Å². The summed E-state index contributed by atoms with van der Waals surface area (Å²) in [4.78, 5) is 29.0. The van der Waals surface area contributed by atoms with Crippen LogP contribution in [0.25, 0.3) is 0 Å². The van der Waals surface area contributed by atoms with Gasteiger partial charge in [-0.2, -0.15) is 13.2 Å². The number of hydrazine groups is 1. The highest BCUT2D eigenvalue weighted by Gasteiger charge is 2.47. The minimum absolute atomic E-state index is 0.00878.